The lowest BCUT2D eigenvalue weighted by Crippen LogP contribution is -2.42. The van der Waals surface area contributed by atoms with E-state index in [1.54, 1.807) is 0 Å². The maximum absolute atomic E-state index is 11.9. The van der Waals surface area contributed by atoms with Crippen molar-refractivity contribution >= 4 is 10.0 Å². The van der Waals surface area contributed by atoms with E-state index in [1.807, 2.05) is 0 Å². The fraction of sp³-hybridized carbons (Fsp3) is 1.00. The highest BCUT2D eigenvalue weighted by molar-refractivity contribution is 7.90. The van der Waals surface area contributed by atoms with Crippen molar-refractivity contribution in [1.29, 1.82) is 0 Å². The van der Waals surface area contributed by atoms with Crippen LogP contribution in [0.4, 0.5) is 0 Å². The van der Waals surface area contributed by atoms with E-state index in [-0.39, 0.29) is 11.3 Å². The lowest BCUT2D eigenvalue weighted by Gasteiger charge is -2.23. The van der Waals surface area contributed by atoms with Crippen molar-refractivity contribution in [2.24, 2.45) is 5.73 Å². The van der Waals surface area contributed by atoms with E-state index in [0.29, 0.717) is 6.54 Å². The summed E-state index contributed by atoms with van der Waals surface area (Å²) in [5.74, 6) is 0. The highest BCUT2D eigenvalue weighted by Crippen LogP contribution is 2.22. The van der Waals surface area contributed by atoms with Crippen molar-refractivity contribution in [3.63, 3.8) is 0 Å². The number of hydrogen-bond acceptors (Lipinski definition) is 3. The van der Waals surface area contributed by atoms with Crippen LogP contribution in [0.1, 0.15) is 51.9 Å². The van der Waals surface area contributed by atoms with E-state index < -0.39 is 10.0 Å². The van der Waals surface area contributed by atoms with Crippen molar-refractivity contribution in [2.45, 2.75) is 63.2 Å². The topological polar surface area (TPSA) is 72.2 Å². The van der Waals surface area contributed by atoms with Crippen molar-refractivity contribution in [3.8, 4) is 0 Å². The molecule has 0 heterocycles. The van der Waals surface area contributed by atoms with Gasteiger partial charge in [-0.1, -0.05) is 32.6 Å². The monoisotopic (exact) mass is 248 g/mol. The van der Waals surface area contributed by atoms with Crippen LogP contribution in [0.5, 0.6) is 0 Å². The predicted molar refractivity (Wildman–Crippen MR) is 66.7 cm³/mol. The Morgan fingerprint density at radius 1 is 1.31 bits per heavy atom. The number of nitrogens with one attached hydrogen (secondary N) is 1. The summed E-state index contributed by atoms with van der Waals surface area (Å²) >= 11 is 0. The first-order chi connectivity index (χ1) is 7.56. The van der Waals surface area contributed by atoms with Gasteiger partial charge in [0.05, 0.1) is 5.25 Å². The molecule has 1 aliphatic carbocycles. The van der Waals surface area contributed by atoms with Gasteiger partial charge in [-0.15, -0.1) is 0 Å². The molecule has 96 valence electrons. The Morgan fingerprint density at radius 2 is 1.94 bits per heavy atom. The van der Waals surface area contributed by atoms with E-state index in [2.05, 4.69) is 11.6 Å². The van der Waals surface area contributed by atoms with Crippen LogP contribution in [0.15, 0.2) is 0 Å². The van der Waals surface area contributed by atoms with Gasteiger partial charge in [0.15, 0.2) is 0 Å². The zero-order valence-corrected chi connectivity index (χ0v) is 10.9. The van der Waals surface area contributed by atoms with Gasteiger partial charge in [-0.05, 0) is 19.3 Å². The maximum Gasteiger partial charge on any atom is 0.214 e. The third kappa shape index (κ3) is 4.39. The molecule has 1 unspecified atom stereocenters. The third-order valence-electron chi connectivity index (χ3n) is 3.20. The molecular weight excluding hydrogens is 224 g/mol. The second kappa shape index (κ2) is 6.57. The average molecular weight is 248 g/mol. The van der Waals surface area contributed by atoms with Crippen molar-refractivity contribution in [3.05, 3.63) is 0 Å². The molecule has 0 aromatic carbocycles. The summed E-state index contributed by atoms with van der Waals surface area (Å²) in [6, 6.07) is -0.0524. The van der Waals surface area contributed by atoms with Crippen molar-refractivity contribution in [2.75, 3.05) is 6.54 Å². The van der Waals surface area contributed by atoms with Gasteiger partial charge in [-0.25, -0.2) is 13.1 Å². The van der Waals surface area contributed by atoms with E-state index in [1.165, 1.54) is 6.42 Å². The molecule has 0 radical (unpaired) electrons. The van der Waals surface area contributed by atoms with Gasteiger partial charge in [0, 0.05) is 12.6 Å². The quantitative estimate of drug-likeness (QED) is 0.745. The van der Waals surface area contributed by atoms with Gasteiger partial charge in [0.25, 0.3) is 0 Å². The number of sulfonamides is 1. The Morgan fingerprint density at radius 3 is 2.50 bits per heavy atom. The van der Waals surface area contributed by atoms with Crippen molar-refractivity contribution < 1.29 is 8.42 Å². The van der Waals surface area contributed by atoms with Gasteiger partial charge >= 0.3 is 0 Å². The summed E-state index contributed by atoms with van der Waals surface area (Å²) in [4.78, 5) is 0. The molecule has 0 aliphatic heterocycles. The lowest BCUT2D eigenvalue weighted by molar-refractivity contribution is 0.473. The molecule has 0 saturated heterocycles. The molecule has 0 amide bonds. The molecule has 1 aliphatic rings. The molecule has 4 nitrogen and oxygen atoms in total. The molecule has 1 atom stereocenters. The fourth-order valence-corrected chi connectivity index (χ4v) is 3.83. The molecule has 5 heteroatoms. The van der Waals surface area contributed by atoms with Gasteiger partial charge in [0.1, 0.15) is 0 Å². The molecule has 0 aromatic rings. The Kier molecular flexibility index (Phi) is 5.72. The summed E-state index contributed by atoms with van der Waals surface area (Å²) < 4.78 is 26.5. The average Bonchev–Trinajstić information content (AvgIpc) is 2.28. The summed E-state index contributed by atoms with van der Waals surface area (Å²) in [6.07, 6.45) is 6.71. The van der Waals surface area contributed by atoms with E-state index in [4.69, 9.17) is 5.73 Å². The van der Waals surface area contributed by atoms with Crippen molar-refractivity contribution in [1.82, 2.24) is 4.72 Å². The second-order valence-corrected chi connectivity index (χ2v) is 6.75. The number of hydrogen-bond donors (Lipinski definition) is 2. The first-order valence-electron chi connectivity index (χ1n) is 6.30. The van der Waals surface area contributed by atoms with E-state index in [0.717, 1.165) is 38.5 Å². The first-order valence-corrected chi connectivity index (χ1v) is 7.85. The molecule has 16 heavy (non-hydrogen) atoms. The van der Waals surface area contributed by atoms with Crippen LogP contribution < -0.4 is 10.5 Å². The molecule has 0 spiro atoms. The highest BCUT2D eigenvalue weighted by atomic mass is 32.2. The number of rotatable bonds is 6. The van der Waals surface area contributed by atoms with Crippen LogP contribution in [0.25, 0.3) is 0 Å². The molecule has 0 aromatic heterocycles. The highest BCUT2D eigenvalue weighted by Gasteiger charge is 2.26. The summed E-state index contributed by atoms with van der Waals surface area (Å²) in [6.45, 7) is 2.43. The van der Waals surface area contributed by atoms with Crippen LogP contribution in [0.3, 0.4) is 0 Å². The minimum atomic E-state index is -3.13. The Labute approximate surface area is 99.0 Å². The van der Waals surface area contributed by atoms with Crippen LogP contribution >= 0.6 is 0 Å². The largest absolute Gasteiger partial charge is 0.327 e. The fourth-order valence-electron chi connectivity index (χ4n) is 2.19. The molecule has 1 saturated carbocycles. The standard InChI is InChI=1S/C11H24N2O2S/c1-2-6-10(12)9-13-16(14,15)11-7-4-3-5-8-11/h10-11,13H,2-9,12H2,1H3. The van der Waals surface area contributed by atoms with Gasteiger partial charge < -0.3 is 5.73 Å². The Hall–Kier alpha value is -0.130. The van der Waals surface area contributed by atoms with Crippen LogP contribution in [0, 0.1) is 0 Å². The summed E-state index contributed by atoms with van der Waals surface area (Å²) in [5.41, 5.74) is 5.79. The molecule has 1 rings (SSSR count). The smallest absolute Gasteiger partial charge is 0.214 e. The predicted octanol–water partition coefficient (Wildman–Crippen LogP) is 1.37. The van der Waals surface area contributed by atoms with Gasteiger partial charge in [-0.2, -0.15) is 0 Å². The maximum atomic E-state index is 11.9. The SMILES string of the molecule is CCCC(N)CNS(=O)(=O)C1CCCCC1. The Balaban J connectivity index is 2.38. The number of nitrogens with two attached hydrogens (primary N) is 1. The third-order valence-corrected chi connectivity index (χ3v) is 5.12. The van der Waals surface area contributed by atoms with Crippen LogP contribution in [-0.4, -0.2) is 26.3 Å². The zero-order valence-electron chi connectivity index (χ0n) is 10.1. The molecule has 0 bridgehead atoms. The Bertz CT molecular complexity index is 284. The minimum absolute atomic E-state index is 0.0524. The van der Waals surface area contributed by atoms with E-state index in [9.17, 15) is 8.42 Å². The van der Waals surface area contributed by atoms with Gasteiger partial charge in [-0.3, -0.25) is 0 Å². The second-order valence-electron chi connectivity index (χ2n) is 4.70. The molecular formula is C11H24N2O2S. The normalized spacial score (nSPS) is 20.9. The lowest BCUT2D eigenvalue weighted by atomic mass is 10.0. The molecule has 3 N–H and O–H groups in total. The summed E-state index contributed by atoms with van der Waals surface area (Å²) in [5, 5.41) is -0.185. The molecule has 1 fully saturated rings. The van der Waals surface area contributed by atoms with Crippen LogP contribution in [-0.2, 0) is 10.0 Å². The van der Waals surface area contributed by atoms with Crippen LogP contribution in [0.2, 0.25) is 0 Å². The first kappa shape index (κ1) is 13.9. The summed E-state index contributed by atoms with van der Waals surface area (Å²) in [7, 11) is -3.13. The van der Waals surface area contributed by atoms with Gasteiger partial charge in [0.2, 0.25) is 10.0 Å². The minimum Gasteiger partial charge on any atom is -0.327 e. The van der Waals surface area contributed by atoms with E-state index >= 15 is 0 Å². The zero-order chi connectivity index (χ0) is 12.0.